The number of para-hydroxylation sites is 1. The van der Waals surface area contributed by atoms with E-state index in [0.717, 1.165) is 4.57 Å². The molecule has 0 bridgehead atoms. The van der Waals surface area contributed by atoms with Gasteiger partial charge in [0.2, 0.25) is 5.91 Å². The Hall–Kier alpha value is -3.32. The summed E-state index contributed by atoms with van der Waals surface area (Å²) in [6.07, 6.45) is 2.84. The van der Waals surface area contributed by atoms with Crippen LogP contribution in [0.1, 0.15) is 6.92 Å². The first-order valence-corrected chi connectivity index (χ1v) is 8.97. The zero-order valence-electron chi connectivity index (χ0n) is 15.1. The van der Waals surface area contributed by atoms with Crippen molar-refractivity contribution in [2.24, 2.45) is 0 Å². The molecule has 3 aromatic rings. The molecule has 0 unspecified atom stereocenters. The highest BCUT2D eigenvalue weighted by Gasteiger charge is 2.11. The lowest BCUT2D eigenvalue weighted by atomic mass is 10.3. The van der Waals surface area contributed by atoms with E-state index in [1.165, 1.54) is 17.0 Å². The van der Waals surface area contributed by atoms with Gasteiger partial charge in [-0.05, 0) is 43.3 Å². The molecule has 8 heteroatoms. The fourth-order valence-corrected chi connectivity index (χ4v) is 2.80. The number of ether oxygens (including phenoxy) is 1. The van der Waals surface area contributed by atoms with Gasteiger partial charge < -0.3 is 10.1 Å². The minimum atomic E-state index is -0.800. The van der Waals surface area contributed by atoms with Gasteiger partial charge in [-0.2, -0.15) is 0 Å². The molecule has 0 atom stereocenters. The summed E-state index contributed by atoms with van der Waals surface area (Å²) in [7, 11) is 0. The first-order chi connectivity index (χ1) is 13.5. The van der Waals surface area contributed by atoms with E-state index in [1.807, 2.05) is 6.92 Å². The van der Waals surface area contributed by atoms with Crippen LogP contribution in [0, 0.1) is 0 Å². The molecule has 0 aliphatic carbocycles. The molecule has 1 N–H and O–H groups in total. The third kappa shape index (κ3) is 4.32. The summed E-state index contributed by atoms with van der Waals surface area (Å²) in [4.78, 5) is 37.0. The number of nitrogens with zero attached hydrogens (tertiary/aromatic N) is 2. The maximum absolute atomic E-state index is 12.4. The molecule has 28 heavy (non-hydrogen) atoms. The van der Waals surface area contributed by atoms with Crippen molar-refractivity contribution in [3.63, 3.8) is 0 Å². The Labute approximate surface area is 165 Å². The summed E-state index contributed by atoms with van der Waals surface area (Å²) in [5.41, 5.74) is -0.592. The van der Waals surface area contributed by atoms with Crippen LogP contribution in [0.2, 0.25) is 5.02 Å². The fourth-order valence-electron chi connectivity index (χ4n) is 2.61. The normalized spacial score (nSPS) is 10.5. The number of hydrogen-bond acceptors (Lipinski definition) is 4. The molecule has 0 saturated heterocycles. The predicted octanol–water partition coefficient (Wildman–Crippen LogP) is 2.69. The van der Waals surface area contributed by atoms with Crippen LogP contribution in [0.3, 0.4) is 0 Å². The first-order valence-electron chi connectivity index (χ1n) is 8.59. The topological polar surface area (TPSA) is 82.3 Å². The third-order valence-corrected chi connectivity index (χ3v) is 4.28. The second-order valence-electron chi connectivity index (χ2n) is 5.86. The monoisotopic (exact) mass is 399 g/mol. The molecule has 0 aliphatic rings. The minimum absolute atomic E-state index is 0.302. The Kier molecular flexibility index (Phi) is 5.96. The Morgan fingerprint density at radius 1 is 1.04 bits per heavy atom. The van der Waals surface area contributed by atoms with Gasteiger partial charge in [-0.3, -0.25) is 23.5 Å². The number of carbonyl (C=O) groups is 1. The van der Waals surface area contributed by atoms with Crippen molar-refractivity contribution >= 4 is 23.2 Å². The highest BCUT2D eigenvalue weighted by molar-refractivity contribution is 6.33. The van der Waals surface area contributed by atoms with Gasteiger partial charge in [0, 0.05) is 18.1 Å². The van der Waals surface area contributed by atoms with E-state index in [-0.39, 0.29) is 6.54 Å². The van der Waals surface area contributed by atoms with Gasteiger partial charge in [0.1, 0.15) is 12.3 Å². The Morgan fingerprint density at radius 3 is 2.43 bits per heavy atom. The molecule has 0 spiro atoms. The lowest BCUT2D eigenvalue weighted by Crippen LogP contribution is -2.41. The molecule has 0 aliphatic heterocycles. The first kappa shape index (κ1) is 19.4. The standard InChI is InChI=1S/C20H18ClN3O4/c1-2-28-15-9-7-14(8-10-15)24-12-11-23(19(26)20(24)27)13-18(25)22-17-6-4-3-5-16(17)21/h3-12H,2,13H2,1H3,(H,22,25). The predicted molar refractivity (Wildman–Crippen MR) is 108 cm³/mol. The number of hydrogen-bond donors (Lipinski definition) is 1. The van der Waals surface area contributed by atoms with Gasteiger partial charge in [-0.15, -0.1) is 0 Å². The number of carbonyl (C=O) groups excluding carboxylic acids is 1. The van der Waals surface area contributed by atoms with Crippen LogP contribution in [-0.4, -0.2) is 21.6 Å². The van der Waals surface area contributed by atoms with E-state index in [9.17, 15) is 14.4 Å². The molecule has 144 valence electrons. The average molecular weight is 400 g/mol. The SMILES string of the molecule is CCOc1ccc(-n2ccn(CC(=O)Nc3ccccc3Cl)c(=O)c2=O)cc1. The molecule has 7 nitrogen and oxygen atoms in total. The molecule has 3 rings (SSSR count). The Morgan fingerprint density at radius 2 is 1.75 bits per heavy atom. The van der Waals surface area contributed by atoms with Crippen LogP contribution in [0.15, 0.2) is 70.5 Å². The maximum atomic E-state index is 12.4. The van der Waals surface area contributed by atoms with Crippen LogP contribution in [0.5, 0.6) is 5.75 Å². The number of aromatic nitrogens is 2. The number of anilines is 1. The van der Waals surface area contributed by atoms with E-state index in [2.05, 4.69) is 5.32 Å². The summed E-state index contributed by atoms with van der Waals surface area (Å²) in [6, 6.07) is 13.5. The number of rotatable bonds is 6. The molecule has 0 saturated carbocycles. The van der Waals surface area contributed by atoms with Gasteiger partial charge in [0.25, 0.3) is 0 Å². The summed E-state index contributed by atoms with van der Waals surface area (Å²) < 4.78 is 7.64. The average Bonchev–Trinajstić information content (AvgIpc) is 2.69. The van der Waals surface area contributed by atoms with Crippen molar-refractivity contribution in [2.75, 3.05) is 11.9 Å². The Bertz CT molecular complexity index is 1100. The largest absolute Gasteiger partial charge is 0.494 e. The van der Waals surface area contributed by atoms with Crippen molar-refractivity contribution < 1.29 is 9.53 Å². The van der Waals surface area contributed by atoms with E-state index in [0.29, 0.717) is 28.8 Å². The van der Waals surface area contributed by atoms with Crippen molar-refractivity contribution in [1.29, 1.82) is 0 Å². The number of benzene rings is 2. The molecule has 0 fully saturated rings. The van der Waals surface area contributed by atoms with Crippen LogP contribution in [-0.2, 0) is 11.3 Å². The molecule has 2 aromatic carbocycles. The summed E-state index contributed by atoms with van der Waals surface area (Å²) in [5.74, 6) is 0.206. The van der Waals surface area contributed by atoms with E-state index in [4.69, 9.17) is 16.3 Å². The van der Waals surface area contributed by atoms with Gasteiger partial charge >= 0.3 is 11.1 Å². The number of amides is 1. The molecule has 1 amide bonds. The van der Waals surface area contributed by atoms with Crippen molar-refractivity contribution in [3.05, 3.63) is 86.7 Å². The van der Waals surface area contributed by atoms with E-state index < -0.39 is 17.0 Å². The molecular weight excluding hydrogens is 382 g/mol. The van der Waals surface area contributed by atoms with E-state index in [1.54, 1.807) is 48.5 Å². The Balaban J connectivity index is 1.80. The number of halogens is 1. The van der Waals surface area contributed by atoms with E-state index >= 15 is 0 Å². The maximum Gasteiger partial charge on any atom is 0.320 e. The summed E-state index contributed by atoms with van der Waals surface area (Å²) in [6.45, 7) is 2.11. The zero-order valence-corrected chi connectivity index (χ0v) is 15.8. The van der Waals surface area contributed by atoms with Gasteiger partial charge in [-0.1, -0.05) is 23.7 Å². The second kappa shape index (κ2) is 8.58. The quantitative estimate of drug-likeness (QED) is 0.646. The van der Waals surface area contributed by atoms with Gasteiger partial charge in [0.05, 0.1) is 17.3 Å². The van der Waals surface area contributed by atoms with Gasteiger partial charge in [0.15, 0.2) is 0 Å². The van der Waals surface area contributed by atoms with Crippen molar-refractivity contribution in [2.45, 2.75) is 13.5 Å². The highest BCUT2D eigenvalue weighted by Crippen LogP contribution is 2.20. The minimum Gasteiger partial charge on any atom is -0.494 e. The fraction of sp³-hybridized carbons (Fsp3) is 0.150. The molecule has 0 radical (unpaired) electrons. The second-order valence-corrected chi connectivity index (χ2v) is 6.27. The molecular formula is C20H18ClN3O4. The zero-order chi connectivity index (χ0) is 20.1. The molecule has 1 aromatic heterocycles. The summed E-state index contributed by atoms with van der Waals surface area (Å²) in [5, 5.41) is 3.00. The molecule has 1 heterocycles. The van der Waals surface area contributed by atoms with Crippen molar-refractivity contribution in [1.82, 2.24) is 9.13 Å². The summed E-state index contributed by atoms with van der Waals surface area (Å²) >= 11 is 6.00. The lowest BCUT2D eigenvalue weighted by Gasteiger charge is -2.11. The number of nitrogens with one attached hydrogen (secondary N) is 1. The lowest BCUT2D eigenvalue weighted by molar-refractivity contribution is -0.116. The third-order valence-electron chi connectivity index (χ3n) is 3.95. The highest BCUT2D eigenvalue weighted by atomic mass is 35.5. The van der Waals surface area contributed by atoms with Crippen LogP contribution >= 0.6 is 11.6 Å². The van der Waals surface area contributed by atoms with Crippen LogP contribution < -0.4 is 21.2 Å². The van der Waals surface area contributed by atoms with Crippen molar-refractivity contribution in [3.8, 4) is 11.4 Å². The van der Waals surface area contributed by atoms with Crippen LogP contribution in [0.25, 0.3) is 5.69 Å². The van der Waals surface area contributed by atoms with Gasteiger partial charge in [-0.25, -0.2) is 0 Å². The smallest absolute Gasteiger partial charge is 0.320 e. The van der Waals surface area contributed by atoms with Crippen LogP contribution in [0.4, 0.5) is 5.69 Å².